The summed E-state index contributed by atoms with van der Waals surface area (Å²) in [5.41, 5.74) is 3.47. The van der Waals surface area contributed by atoms with Crippen molar-refractivity contribution in [1.29, 1.82) is 0 Å². The van der Waals surface area contributed by atoms with Crippen LogP contribution in [-0.4, -0.2) is 41.6 Å². The van der Waals surface area contributed by atoms with E-state index in [-0.39, 0.29) is 6.29 Å². The van der Waals surface area contributed by atoms with Gasteiger partial charge in [0.2, 0.25) is 0 Å². The highest BCUT2D eigenvalue weighted by molar-refractivity contribution is 5.81. The Morgan fingerprint density at radius 1 is 0.946 bits per heavy atom. The molecule has 2 heterocycles. The molecular weight excluding hydrogens is 476 g/mol. The molecule has 3 N–H and O–H groups in total. The fraction of sp³-hybridized carbons (Fsp3) is 0.286. The number of halogens is 2. The predicted octanol–water partition coefficient (Wildman–Crippen LogP) is 6.25. The molecule has 9 heteroatoms. The Morgan fingerprint density at radius 2 is 1.62 bits per heavy atom. The third-order valence-corrected chi connectivity index (χ3v) is 6.03. The number of imidazole rings is 1. The maximum Gasteiger partial charge on any atom is 0.155 e. The molecule has 1 fully saturated rings. The Bertz CT molecular complexity index is 1280. The van der Waals surface area contributed by atoms with E-state index < -0.39 is 17.2 Å². The Hall–Kier alpha value is -4.14. The summed E-state index contributed by atoms with van der Waals surface area (Å²) in [5.74, 6) is 0.428. The molecule has 194 valence electrons. The number of nitrogens with one attached hydrogen (secondary N) is 3. The second-order valence-corrected chi connectivity index (χ2v) is 8.54. The summed E-state index contributed by atoms with van der Waals surface area (Å²) in [6.45, 7) is 0. The topological polar surface area (TPSA) is 99.8 Å². The van der Waals surface area contributed by atoms with E-state index in [9.17, 15) is 18.4 Å². The van der Waals surface area contributed by atoms with Gasteiger partial charge in [0, 0.05) is 37.3 Å². The molecule has 1 aliphatic carbocycles. The van der Waals surface area contributed by atoms with Gasteiger partial charge in [0.1, 0.15) is 29.6 Å². The summed E-state index contributed by atoms with van der Waals surface area (Å²) in [4.78, 5) is 32.3. The molecule has 1 saturated carbocycles. The van der Waals surface area contributed by atoms with Crippen LogP contribution in [0.25, 0.3) is 22.4 Å². The summed E-state index contributed by atoms with van der Waals surface area (Å²) in [7, 11) is 3.75. The predicted molar refractivity (Wildman–Crippen MR) is 143 cm³/mol. The molecule has 7 nitrogen and oxygen atoms in total. The van der Waals surface area contributed by atoms with Crippen LogP contribution in [0.4, 0.5) is 20.3 Å². The molecule has 0 aliphatic heterocycles. The van der Waals surface area contributed by atoms with Crippen LogP contribution in [-0.2, 0) is 4.79 Å². The molecule has 0 radical (unpaired) electrons. The van der Waals surface area contributed by atoms with Gasteiger partial charge in [-0.25, -0.2) is 18.7 Å². The standard InChI is InChI=1S/C14H15N5.C7H4F2O.C7H12O/c1-15-10-5-3-9(4-6-10)14-18-11-7-13(16-2)17-8-12(11)19-14;8-6-2-1-3-7(9)5(6)4-10;8-6-7-4-2-1-3-5-7/h3-8,15H,1-2H3,(H,16,17)(H,18,19);1-4H;6-7H,1-5H2. The zero-order valence-corrected chi connectivity index (χ0v) is 20.9. The number of benzene rings is 2. The van der Waals surface area contributed by atoms with Crippen LogP contribution in [0.3, 0.4) is 0 Å². The minimum Gasteiger partial charge on any atom is -0.388 e. The van der Waals surface area contributed by atoms with Gasteiger partial charge in [-0.05, 0) is 49.2 Å². The van der Waals surface area contributed by atoms with Gasteiger partial charge in [0.05, 0.1) is 22.8 Å². The Morgan fingerprint density at radius 3 is 2.14 bits per heavy atom. The number of carbonyl (C=O) groups is 2. The van der Waals surface area contributed by atoms with Gasteiger partial charge in [0.15, 0.2) is 6.29 Å². The summed E-state index contributed by atoms with van der Waals surface area (Å²) in [6.07, 6.45) is 9.22. The first-order chi connectivity index (χ1) is 18.0. The molecule has 37 heavy (non-hydrogen) atoms. The number of aldehydes is 2. The van der Waals surface area contributed by atoms with Crippen molar-refractivity contribution in [1.82, 2.24) is 15.0 Å². The highest BCUT2D eigenvalue weighted by Crippen LogP contribution is 2.23. The molecule has 0 amide bonds. The lowest BCUT2D eigenvalue weighted by Crippen LogP contribution is -2.06. The van der Waals surface area contributed by atoms with E-state index in [0.29, 0.717) is 5.92 Å². The SMILES string of the molecule is CNc1ccc(-c2nc3cc(NC)ncc3[nH]2)cc1.O=CC1CCCCC1.O=Cc1c(F)cccc1F. The number of aromatic amines is 1. The minimum absolute atomic E-state index is 0.157. The van der Waals surface area contributed by atoms with Crippen LogP contribution in [0.2, 0.25) is 0 Å². The van der Waals surface area contributed by atoms with E-state index in [1.807, 2.05) is 44.4 Å². The fourth-order valence-corrected chi connectivity index (χ4v) is 3.87. The van der Waals surface area contributed by atoms with Crippen molar-refractivity contribution in [3.05, 3.63) is 71.9 Å². The number of nitrogens with zero attached hydrogens (tertiary/aromatic N) is 2. The maximum atomic E-state index is 12.4. The van der Waals surface area contributed by atoms with Crippen molar-refractivity contribution in [2.75, 3.05) is 24.7 Å². The van der Waals surface area contributed by atoms with Crippen LogP contribution in [0.1, 0.15) is 42.5 Å². The average molecular weight is 508 g/mol. The molecule has 1 aliphatic rings. The monoisotopic (exact) mass is 507 g/mol. The molecule has 0 spiro atoms. The number of fused-ring (bicyclic) bond motifs is 1. The normalized spacial score (nSPS) is 13.0. The van der Waals surface area contributed by atoms with Gasteiger partial charge in [-0.15, -0.1) is 0 Å². The number of carbonyl (C=O) groups excluding carboxylic acids is 2. The first-order valence-electron chi connectivity index (χ1n) is 12.1. The van der Waals surface area contributed by atoms with Crippen LogP contribution in [0, 0.1) is 17.6 Å². The molecule has 0 unspecified atom stereocenters. The Labute approximate surface area is 214 Å². The first kappa shape index (κ1) is 27.4. The number of H-pyrrole nitrogens is 1. The largest absolute Gasteiger partial charge is 0.388 e. The third kappa shape index (κ3) is 7.67. The van der Waals surface area contributed by atoms with E-state index in [2.05, 4.69) is 25.6 Å². The number of anilines is 2. The quantitative estimate of drug-likeness (QED) is 0.276. The summed E-state index contributed by atoms with van der Waals surface area (Å²) in [6, 6.07) is 13.3. The Balaban J connectivity index is 0.000000177. The fourth-order valence-electron chi connectivity index (χ4n) is 3.87. The Kier molecular flexibility index (Phi) is 10.3. The molecule has 2 aromatic heterocycles. The summed E-state index contributed by atoms with van der Waals surface area (Å²) < 4.78 is 24.8. The molecule has 4 aromatic rings. The number of hydrogen-bond acceptors (Lipinski definition) is 6. The van der Waals surface area contributed by atoms with E-state index in [4.69, 9.17) is 0 Å². The van der Waals surface area contributed by atoms with E-state index in [1.54, 1.807) is 6.20 Å². The highest BCUT2D eigenvalue weighted by atomic mass is 19.1. The van der Waals surface area contributed by atoms with Gasteiger partial charge < -0.3 is 20.4 Å². The van der Waals surface area contributed by atoms with Crippen LogP contribution >= 0.6 is 0 Å². The van der Waals surface area contributed by atoms with Crippen LogP contribution in [0.5, 0.6) is 0 Å². The first-order valence-corrected chi connectivity index (χ1v) is 12.1. The molecule has 0 bridgehead atoms. The van der Waals surface area contributed by atoms with Crippen molar-refractivity contribution in [2.45, 2.75) is 32.1 Å². The van der Waals surface area contributed by atoms with E-state index >= 15 is 0 Å². The van der Waals surface area contributed by atoms with Gasteiger partial charge in [-0.3, -0.25) is 4.79 Å². The second-order valence-electron chi connectivity index (χ2n) is 8.54. The second kappa shape index (κ2) is 13.8. The summed E-state index contributed by atoms with van der Waals surface area (Å²) >= 11 is 0. The lowest BCUT2D eigenvalue weighted by molar-refractivity contribution is -0.111. The number of rotatable bonds is 5. The number of hydrogen-bond donors (Lipinski definition) is 3. The summed E-state index contributed by atoms with van der Waals surface area (Å²) in [5, 5.41) is 6.11. The van der Waals surface area contributed by atoms with Gasteiger partial charge in [-0.2, -0.15) is 0 Å². The molecule has 0 atom stereocenters. The van der Waals surface area contributed by atoms with Gasteiger partial charge in [0.25, 0.3) is 0 Å². The van der Waals surface area contributed by atoms with Gasteiger partial charge >= 0.3 is 0 Å². The third-order valence-electron chi connectivity index (χ3n) is 6.03. The number of pyridine rings is 1. The number of aromatic nitrogens is 3. The van der Waals surface area contributed by atoms with Crippen LogP contribution in [0.15, 0.2) is 54.7 Å². The van der Waals surface area contributed by atoms with Crippen molar-refractivity contribution in [3.63, 3.8) is 0 Å². The van der Waals surface area contributed by atoms with E-state index in [1.165, 1.54) is 25.3 Å². The molecule has 0 saturated heterocycles. The smallest absolute Gasteiger partial charge is 0.155 e. The lowest BCUT2D eigenvalue weighted by Gasteiger charge is -2.14. The zero-order chi connectivity index (χ0) is 26.6. The highest BCUT2D eigenvalue weighted by Gasteiger charge is 2.10. The van der Waals surface area contributed by atoms with Gasteiger partial charge in [-0.1, -0.05) is 25.3 Å². The van der Waals surface area contributed by atoms with Crippen molar-refractivity contribution in [3.8, 4) is 11.4 Å². The van der Waals surface area contributed by atoms with E-state index in [0.717, 1.165) is 65.2 Å². The lowest BCUT2D eigenvalue weighted by atomic mass is 9.91. The van der Waals surface area contributed by atoms with Crippen molar-refractivity contribution in [2.24, 2.45) is 5.92 Å². The molecule has 5 rings (SSSR count). The zero-order valence-electron chi connectivity index (χ0n) is 20.9. The molecular formula is C28H31F2N5O2. The minimum atomic E-state index is -0.824. The van der Waals surface area contributed by atoms with Crippen LogP contribution < -0.4 is 10.6 Å². The maximum absolute atomic E-state index is 12.4. The van der Waals surface area contributed by atoms with Crippen molar-refractivity contribution >= 4 is 35.1 Å². The average Bonchev–Trinajstić information content (AvgIpc) is 3.38. The van der Waals surface area contributed by atoms with Crippen molar-refractivity contribution < 1.29 is 18.4 Å². The molecule has 2 aromatic carbocycles.